The fourth-order valence-electron chi connectivity index (χ4n) is 3.56. The molecule has 1 aromatic carbocycles. The first-order valence-corrected chi connectivity index (χ1v) is 13.9. The second kappa shape index (κ2) is 11.8. The summed E-state index contributed by atoms with van der Waals surface area (Å²) < 4.78 is 44.3. The normalized spacial score (nSPS) is 12.4. The number of ether oxygens (including phenoxy) is 1. The Hall–Kier alpha value is -4.71. The second-order valence-corrected chi connectivity index (χ2v) is 11.0. The van der Waals surface area contributed by atoms with E-state index in [9.17, 15) is 13.8 Å². The van der Waals surface area contributed by atoms with Crippen molar-refractivity contribution < 1.29 is 22.6 Å². The SMILES string of the molecule is [2H]C([2H])([2H])CC(=O)c1cnc(NC(=O)c2ccccn2)cc1Nc1cccc(-c2cnc(N=S(C)(C)=O)cn2)c1OC. The number of hydrogen-bond donors (Lipinski definition) is 2. The Kier molecular flexibility index (Phi) is 7.07. The van der Waals surface area contributed by atoms with Crippen LogP contribution in [0, 0.1) is 0 Å². The average Bonchev–Trinajstić information content (AvgIpc) is 2.92. The van der Waals surface area contributed by atoms with E-state index in [0.717, 1.165) is 0 Å². The molecule has 0 spiro atoms. The number of benzene rings is 1. The molecule has 3 heterocycles. The third-order valence-electron chi connectivity index (χ3n) is 5.22. The number of rotatable bonds is 9. The van der Waals surface area contributed by atoms with Crippen LogP contribution in [0.2, 0.25) is 0 Å². The summed E-state index contributed by atoms with van der Waals surface area (Å²) in [4.78, 5) is 42.4. The minimum atomic E-state index is -2.50. The molecule has 2 N–H and O–H groups in total. The van der Waals surface area contributed by atoms with Crippen molar-refractivity contribution in [3.63, 3.8) is 0 Å². The van der Waals surface area contributed by atoms with Gasteiger partial charge in [-0.25, -0.2) is 14.2 Å². The molecule has 1 amide bonds. The van der Waals surface area contributed by atoms with E-state index >= 15 is 0 Å². The molecule has 0 aliphatic rings. The van der Waals surface area contributed by atoms with Crippen LogP contribution in [0.1, 0.15) is 38.2 Å². The summed E-state index contributed by atoms with van der Waals surface area (Å²) in [6, 6.07) is 11.4. The monoisotopic (exact) mass is 548 g/mol. The van der Waals surface area contributed by atoms with Crippen LogP contribution >= 0.6 is 0 Å². The lowest BCUT2D eigenvalue weighted by molar-refractivity contribution is 0.0987. The van der Waals surface area contributed by atoms with Crippen molar-refractivity contribution in [1.82, 2.24) is 19.9 Å². The second-order valence-electron chi connectivity index (χ2n) is 8.43. The lowest BCUT2D eigenvalue weighted by atomic mass is 10.1. The van der Waals surface area contributed by atoms with Gasteiger partial charge in [0.05, 0.1) is 42.1 Å². The minimum absolute atomic E-state index is 0.00269. The first-order chi connectivity index (χ1) is 19.8. The Balaban J connectivity index is 1.73. The number of anilines is 3. The zero-order chi connectivity index (χ0) is 30.5. The molecule has 0 radical (unpaired) electrons. The van der Waals surface area contributed by atoms with Gasteiger partial charge in [-0.2, -0.15) is 4.36 Å². The van der Waals surface area contributed by atoms with Gasteiger partial charge in [0, 0.05) is 56.8 Å². The van der Waals surface area contributed by atoms with Gasteiger partial charge < -0.3 is 15.4 Å². The van der Waals surface area contributed by atoms with E-state index in [4.69, 9.17) is 8.85 Å². The Morgan fingerprint density at radius 3 is 2.54 bits per heavy atom. The zero-order valence-corrected chi connectivity index (χ0v) is 22.2. The molecule has 0 saturated carbocycles. The van der Waals surface area contributed by atoms with Gasteiger partial charge in [-0.1, -0.05) is 19.0 Å². The number of pyridine rings is 2. The predicted molar refractivity (Wildman–Crippen MR) is 150 cm³/mol. The van der Waals surface area contributed by atoms with Crippen molar-refractivity contribution in [2.75, 3.05) is 30.3 Å². The molecule has 0 aliphatic heterocycles. The number of para-hydroxylation sites is 1. The number of nitrogens with one attached hydrogen (secondary N) is 2. The lowest BCUT2D eigenvalue weighted by Gasteiger charge is -2.17. The van der Waals surface area contributed by atoms with E-state index in [1.54, 1.807) is 30.3 Å². The number of carbonyl (C=O) groups is 2. The predicted octanol–water partition coefficient (Wildman–Crippen LogP) is 4.89. The highest BCUT2D eigenvalue weighted by Crippen LogP contribution is 2.38. The fourth-order valence-corrected chi connectivity index (χ4v) is 4.10. The first kappa shape index (κ1) is 23.4. The van der Waals surface area contributed by atoms with Gasteiger partial charge in [0.15, 0.2) is 17.4 Å². The third kappa shape index (κ3) is 6.79. The molecule has 0 unspecified atom stereocenters. The van der Waals surface area contributed by atoms with Crippen LogP contribution in [0.4, 0.5) is 23.0 Å². The quantitative estimate of drug-likeness (QED) is 0.279. The Morgan fingerprint density at radius 2 is 1.87 bits per heavy atom. The number of Topliss-reactive ketones (excluding diaryl/α,β-unsaturated/α-hetero) is 1. The number of amides is 1. The molecular formula is C27H27N7O4S. The summed E-state index contributed by atoms with van der Waals surface area (Å²) >= 11 is 0. The Morgan fingerprint density at radius 1 is 1.03 bits per heavy atom. The van der Waals surface area contributed by atoms with Gasteiger partial charge in [-0.3, -0.25) is 19.6 Å². The maximum absolute atomic E-state index is 13.0. The highest BCUT2D eigenvalue weighted by Gasteiger charge is 2.18. The van der Waals surface area contributed by atoms with Gasteiger partial charge in [0.2, 0.25) is 0 Å². The van der Waals surface area contributed by atoms with Crippen LogP contribution in [0.3, 0.4) is 0 Å². The van der Waals surface area contributed by atoms with Crippen molar-refractivity contribution in [2.24, 2.45) is 4.36 Å². The number of nitrogens with zero attached hydrogens (tertiary/aromatic N) is 5. The van der Waals surface area contributed by atoms with Crippen LogP contribution in [0.25, 0.3) is 11.3 Å². The lowest BCUT2D eigenvalue weighted by Crippen LogP contribution is -2.15. The Bertz CT molecular complexity index is 1730. The molecule has 4 rings (SSSR count). The van der Waals surface area contributed by atoms with Crippen molar-refractivity contribution in [3.05, 3.63) is 78.5 Å². The van der Waals surface area contributed by atoms with Crippen molar-refractivity contribution in [1.29, 1.82) is 0 Å². The summed E-state index contributed by atoms with van der Waals surface area (Å²) in [5.41, 5.74) is 1.74. The van der Waals surface area contributed by atoms with E-state index < -0.39 is 34.7 Å². The summed E-state index contributed by atoms with van der Waals surface area (Å²) in [6.07, 6.45) is 7.81. The van der Waals surface area contributed by atoms with Crippen LogP contribution in [-0.2, 0) is 9.73 Å². The summed E-state index contributed by atoms with van der Waals surface area (Å²) in [7, 11) is -0.964. The van der Waals surface area contributed by atoms with Crippen LogP contribution in [0.5, 0.6) is 5.75 Å². The molecule has 39 heavy (non-hydrogen) atoms. The summed E-state index contributed by atoms with van der Waals surface area (Å²) in [5.74, 6) is -0.530. The van der Waals surface area contributed by atoms with Crippen molar-refractivity contribution in [3.8, 4) is 17.0 Å². The molecule has 12 heteroatoms. The number of aromatic nitrogens is 4. The van der Waals surface area contributed by atoms with Crippen molar-refractivity contribution >= 4 is 44.4 Å². The zero-order valence-electron chi connectivity index (χ0n) is 24.3. The maximum Gasteiger partial charge on any atom is 0.275 e. The highest BCUT2D eigenvalue weighted by molar-refractivity contribution is 7.92. The first-order valence-electron chi connectivity index (χ1n) is 13.0. The number of methoxy groups -OCH3 is 1. The van der Waals surface area contributed by atoms with E-state index in [1.165, 1.54) is 56.5 Å². The molecule has 0 bridgehead atoms. The van der Waals surface area contributed by atoms with Gasteiger partial charge >= 0.3 is 0 Å². The maximum atomic E-state index is 13.0. The molecule has 0 aliphatic carbocycles. The van der Waals surface area contributed by atoms with Crippen LogP contribution < -0.4 is 15.4 Å². The van der Waals surface area contributed by atoms with E-state index in [1.807, 2.05) is 0 Å². The van der Waals surface area contributed by atoms with Gasteiger partial charge in [-0.05, 0) is 24.3 Å². The van der Waals surface area contributed by atoms with Gasteiger partial charge in [-0.15, -0.1) is 0 Å². The van der Waals surface area contributed by atoms with E-state index in [0.29, 0.717) is 22.7 Å². The molecular weight excluding hydrogens is 518 g/mol. The largest absolute Gasteiger partial charge is 0.494 e. The molecule has 200 valence electrons. The number of ketones is 1. The minimum Gasteiger partial charge on any atom is -0.494 e. The van der Waals surface area contributed by atoms with Crippen molar-refractivity contribution in [2.45, 2.75) is 13.3 Å². The molecule has 0 atom stereocenters. The van der Waals surface area contributed by atoms with E-state index in [2.05, 4.69) is 34.9 Å². The number of carbonyl (C=O) groups excluding carboxylic acids is 2. The molecule has 4 aromatic rings. The standard InChI is InChI=1S/C27H27N7O4S/c1-5-23(35)18-14-30-24(33-27(36)20-10-6-7-12-28-20)13-21(18)32-19-11-8-9-17(26(19)38-2)22-15-31-25(16-29-22)34-39(3,4)37/h6-16H,5H2,1-4H3,(H2,30,32,33,36)/i1D3. The third-order valence-corrected chi connectivity index (χ3v) is 5.85. The van der Waals surface area contributed by atoms with E-state index in [-0.39, 0.29) is 28.6 Å². The van der Waals surface area contributed by atoms with Crippen LogP contribution in [0.15, 0.2) is 71.6 Å². The summed E-state index contributed by atoms with van der Waals surface area (Å²) in [6.45, 7) is -2.50. The van der Waals surface area contributed by atoms with Gasteiger partial charge in [0.25, 0.3) is 5.91 Å². The van der Waals surface area contributed by atoms with Crippen LogP contribution in [-0.4, -0.2) is 55.5 Å². The molecule has 3 aromatic heterocycles. The Labute approximate surface area is 230 Å². The molecule has 0 saturated heterocycles. The van der Waals surface area contributed by atoms with Gasteiger partial charge in [0.1, 0.15) is 11.5 Å². The summed E-state index contributed by atoms with van der Waals surface area (Å²) in [5, 5.41) is 5.76. The molecule has 11 nitrogen and oxygen atoms in total. The topological polar surface area (TPSA) is 148 Å². The highest BCUT2D eigenvalue weighted by atomic mass is 32.2. The molecule has 0 fully saturated rings. The number of hydrogen-bond acceptors (Lipinski definition) is 10. The average molecular weight is 549 g/mol. The fraction of sp³-hybridized carbons (Fsp3) is 0.185. The smallest absolute Gasteiger partial charge is 0.275 e.